The molecule has 0 bridgehead atoms. The van der Waals surface area contributed by atoms with E-state index >= 15 is 0 Å². The van der Waals surface area contributed by atoms with Crippen LogP contribution in [0, 0.1) is 0 Å². The molecule has 8 nitrogen and oxygen atoms in total. The molecule has 0 saturated heterocycles. The van der Waals surface area contributed by atoms with Gasteiger partial charge in [-0.3, -0.25) is 9.36 Å². The fourth-order valence-corrected chi connectivity index (χ4v) is 11.9. The van der Waals surface area contributed by atoms with Gasteiger partial charge in [0.25, 0.3) is 7.82 Å². The van der Waals surface area contributed by atoms with Gasteiger partial charge in [-0.1, -0.05) is 357 Å². The lowest BCUT2D eigenvalue weighted by Crippen LogP contribution is -2.46. The Kier molecular flexibility index (Phi) is 64.2. The molecule has 1 amide bonds. The number of nitrogens with one attached hydrogen (secondary N) is 1. The molecule has 0 aliphatic carbocycles. The van der Waals surface area contributed by atoms with Crippen LogP contribution in [0.3, 0.4) is 0 Å². The summed E-state index contributed by atoms with van der Waals surface area (Å²) in [5, 5.41) is 14.1. The van der Waals surface area contributed by atoms with Crippen LogP contribution in [0.2, 0.25) is 0 Å². The number of likely N-dealkylation sites (N-methyl/N-ethyl adjacent to an activating group) is 1. The van der Waals surface area contributed by atoms with E-state index in [1.807, 2.05) is 21.1 Å². The molecule has 0 heterocycles. The molecule has 2 N–H and O–H groups in total. The summed E-state index contributed by atoms with van der Waals surface area (Å²) in [6, 6.07) is -0.802. The van der Waals surface area contributed by atoms with Crippen LogP contribution < -0.4 is 10.2 Å². The predicted molar refractivity (Wildman–Crippen MR) is 367 cm³/mol. The fraction of sp³-hybridized carbons (Fsp3) is 0.853. The largest absolute Gasteiger partial charge is 0.756 e. The summed E-state index contributed by atoms with van der Waals surface area (Å²) in [4.78, 5) is 25.7. The molecule has 0 aliphatic rings. The summed E-state index contributed by atoms with van der Waals surface area (Å²) >= 11 is 0. The molecule has 0 aliphatic heterocycles. The molecule has 0 rings (SSSR count). The molecule has 0 aromatic rings. The minimum atomic E-state index is -4.58. The monoisotopic (exact) mass is 1200 g/mol. The highest BCUT2D eigenvalue weighted by atomic mass is 31.2. The molecule has 84 heavy (non-hydrogen) atoms. The number of hydrogen-bond acceptors (Lipinski definition) is 6. The normalized spacial score (nSPS) is 13.9. The molecule has 0 radical (unpaired) electrons. The molecule has 0 aromatic heterocycles. The first-order valence-electron chi connectivity index (χ1n) is 36.6. The van der Waals surface area contributed by atoms with Crippen molar-refractivity contribution in [3.63, 3.8) is 0 Å². The first-order valence-corrected chi connectivity index (χ1v) is 38.1. The topological polar surface area (TPSA) is 108 Å². The lowest BCUT2D eigenvalue weighted by Gasteiger charge is -2.30. The molecule has 0 spiro atoms. The Hall–Kier alpha value is -1.80. The summed E-state index contributed by atoms with van der Waals surface area (Å²) in [6.45, 7) is 4.66. The van der Waals surface area contributed by atoms with Crippen LogP contribution >= 0.6 is 7.82 Å². The van der Waals surface area contributed by atoms with Gasteiger partial charge in [0.05, 0.1) is 39.9 Å². The number of phosphoric ester groups is 1. The van der Waals surface area contributed by atoms with Gasteiger partial charge in [0.1, 0.15) is 13.2 Å². The smallest absolute Gasteiger partial charge is 0.268 e. The maximum atomic E-state index is 13.1. The highest BCUT2D eigenvalue weighted by Gasteiger charge is 2.24. The molecule has 3 atom stereocenters. The van der Waals surface area contributed by atoms with Crippen molar-refractivity contribution in [2.24, 2.45) is 0 Å². The molecular formula is C75H143N2O6P. The van der Waals surface area contributed by atoms with E-state index in [1.165, 1.54) is 263 Å². The quantitative estimate of drug-likeness (QED) is 0.0272. The summed E-state index contributed by atoms with van der Waals surface area (Å²) in [7, 11) is 1.32. The van der Waals surface area contributed by atoms with Gasteiger partial charge in [0.15, 0.2) is 0 Å². The van der Waals surface area contributed by atoms with Gasteiger partial charge in [-0.15, -0.1) is 0 Å². The number of rotatable bonds is 68. The van der Waals surface area contributed by atoms with Crippen molar-refractivity contribution in [1.29, 1.82) is 0 Å². The van der Waals surface area contributed by atoms with E-state index in [1.54, 1.807) is 0 Å². The van der Waals surface area contributed by atoms with Gasteiger partial charge in [-0.05, 0) is 57.8 Å². The van der Waals surface area contributed by atoms with Crippen molar-refractivity contribution in [2.75, 3.05) is 40.9 Å². The summed E-state index contributed by atoms with van der Waals surface area (Å²) < 4.78 is 23.6. The van der Waals surface area contributed by atoms with E-state index in [-0.39, 0.29) is 19.1 Å². The van der Waals surface area contributed by atoms with Gasteiger partial charge in [0.2, 0.25) is 5.91 Å². The van der Waals surface area contributed by atoms with Crippen LogP contribution in [-0.4, -0.2) is 68.5 Å². The van der Waals surface area contributed by atoms with Gasteiger partial charge < -0.3 is 28.8 Å². The Morgan fingerprint density at radius 2 is 0.726 bits per heavy atom. The van der Waals surface area contributed by atoms with Crippen LogP contribution in [0.1, 0.15) is 361 Å². The second-order valence-electron chi connectivity index (χ2n) is 26.3. The van der Waals surface area contributed by atoms with Gasteiger partial charge in [-0.2, -0.15) is 0 Å². The van der Waals surface area contributed by atoms with Gasteiger partial charge in [-0.25, -0.2) is 0 Å². The number of unbranched alkanes of at least 4 members (excludes halogenated alkanes) is 45. The lowest BCUT2D eigenvalue weighted by molar-refractivity contribution is -0.870. The van der Waals surface area contributed by atoms with E-state index in [0.29, 0.717) is 23.9 Å². The minimum absolute atomic E-state index is 0.0136. The Bertz CT molecular complexity index is 1550. The van der Waals surface area contributed by atoms with Gasteiger partial charge in [0, 0.05) is 6.42 Å². The number of allylic oxidation sites excluding steroid dienone is 10. The van der Waals surface area contributed by atoms with E-state index in [2.05, 4.69) is 79.9 Å². The third-order valence-corrected chi connectivity index (χ3v) is 17.7. The maximum Gasteiger partial charge on any atom is 0.268 e. The van der Waals surface area contributed by atoms with Crippen LogP contribution in [0.25, 0.3) is 0 Å². The number of carbonyl (C=O) groups is 1. The third-order valence-electron chi connectivity index (χ3n) is 16.8. The second kappa shape index (κ2) is 65.6. The average molecular weight is 1200 g/mol. The molecule has 0 saturated carbocycles. The first-order chi connectivity index (χ1) is 41.0. The zero-order chi connectivity index (χ0) is 61.2. The number of aliphatic hydroxyl groups excluding tert-OH is 1. The number of hydrogen-bond donors (Lipinski definition) is 2. The van der Waals surface area contributed by atoms with Crippen molar-refractivity contribution >= 4 is 13.7 Å². The first kappa shape index (κ1) is 82.2. The number of nitrogens with zero attached hydrogens (tertiary/aromatic N) is 1. The van der Waals surface area contributed by atoms with E-state index in [0.717, 1.165) is 70.6 Å². The zero-order valence-electron chi connectivity index (χ0n) is 56.6. The van der Waals surface area contributed by atoms with Crippen LogP contribution in [-0.2, 0) is 18.4 Å². The highest BCUT2D eigenvalue weighted by Crippen LogP contribution is 2.38. The Labute approximate surface area is 523 Å². The number of amides is 1. The predicted octanol–water partition coefficient (Wildman–Crippen LogP) is 22.9. The lowest BCUT2D eigenvalue weighted by atomic mass is 10.0. The molecule has 494 valence electrons. The second-order valence-corrected chi connectivity index (χ2v) is 27.7. The summed E-state index contributed by atoms with van der Waals surface area (Å²) in [5.41, 5.74) is 0. The maximum absolute atomic E-state index is 13.1. The van der Waals surface area contributed by atoms with E-state index in [4.69, 9.17) is 9.05 Å². The van der Waals surface area contributed by atoms with Crippen molar-refractivity contribution in [1.82, 2.24) is 5.32 Å². The van der Waals surface area contributed by atoms with E-state index < -0.39 is 20.0 Å². The molecule has 0 aromatic carbocycles. The molecule has 3 unspecified atom stereocenters. The fourth-order valence-electron chi connectivity index (χ4n) is 11.1. The number of carbonyl (C=O) groups excluding carboxylic acids is 1. The van der Waals surface area contributed by atoms with Gasteiger partial charge >= 0.3 is 0 Å². The Morgan fingerprint density at radius 1 is 0.429 bits per heavy atom. The number of quaternary nitrogens is 1. The van der Waals surface area contributed by atoms with Crippen LogP contribution in [0.15, 0.2) is 60.8 Å². The van der Waals surface area contributed by atoms with Crippen molar-refractivity contribution in [2.45, 2.75) is 373 Å². The van der Waals surface area contributed by atoms with Crippen molar-refractivity contribution in [3.8, 4) is 0 Å². The van der Waals surface area contributed by atoms with Crippen LogP contribution in [0.5, 0.6) is 0 Å². The number of phosphoric acid groups is 1. The summed E-state index contributed by atoms with van der Waals surface area (Å²) in [5.74, 6) is -0.158. The summed E-state index contributed by atoms with van der Waals surface area (Å²) in [6.07, 6.45) is 90.2. The van der Waals surface area contributed by atoms with Crippen molar-refractivity contribution in [3.05, 3.63) is 60.8 Å². The third kappa shape index (κ3) is 67.7. The van der Waals surface area contributed by atoms with Crippen molar-refractivity contribution < 1.29 is 32.9 Å². The highest BCUT2D eigenvalue weighted by molar-refractivity contribution is 7.45. The minimum Gasteiger partial charge on any atom is -0.756 e. The standard InChI is InChI=1S/C75H143N2O6P/c1-6-8-10-12-14-16-18-20-22-24-26-28-30-32-33-34-35-36-37-38-39-40-41-42-43-45-47-49-51-53-55-57-59-61-63-65-67-69-75(79)76-73(72-83-84(80,81)82-71-70-77(3,4)5)74(78)68-66-64-62-60-58-56-54-52-50-48-46-44-31-29-27-25-23-21-19-17-15-13-11-9-7-2/h8,10,14,16,20,22,26,28,32-33,73-74,78H,6-7,9,11-13,15,17-19,21,23-25,27,29-31,34-72H2,1-5H3,(H-,76,79,80,81)/b10-8-,16-14-,22-20-,28-26-,33-32-. The molecule has 9 heteroatoms. The Balaban J connectivity index is 3.96. The van der Waals surface area contributed by atoms with Crippen LogP contribution in [0.4, 0.5) is 0 Å². The average Bonchev–Trinajstić information content (AvgIpc) is 3.56. The van der Waals surface area contributed by atoms with E-state index in [9.17, 15) is 19.4 Å². The number of aliphatic hydroxyl groups is 1. The molecule has 0 fully saturated rings. The molecular weight excluding hydrogens is 1060 g/mol. The zero-order valence-corrected chi connectivity index (χ0v) is 57.5. The SMILES string of the molecule is CC/C=C\C/C=C\C/C=C\C/C=C\C/C=C\CCCCCCCCCCCCCCCCCCCCCCCC(=O)NC(COP(=O)([O-])OCC[N+](C)(C)C)C(O)CCCCCCCCCCCCCCCCCCCCCCCCCCC. The Morgan fingerprint density at radius 3 is 1.06 bits per heavy atom.